The van der Waals surface area contributed by atoms with E-state index in [1.807, 2.05) is 38.7 Å². The van der Waals surface area contributed by atoms with Crippen LogP contribution in [0.15, 0.2) is 28.0 Å². The number of nitrogens with zero attached hydrogens (tertiary/aromatic N) is 3. The number of hydrogen-bond acceptors (Lipinski definition) is 6. The van der Waals surface area contributed by atoms with Gasteiger partial charge in [-0.1, -0.05) is 0 Å². The lowest BCUT2D eigenvalue weighted by Gasteiger charge is -2.43. The summed E-state index contributed by atoms with van der Waals surface area (Å²) in [7, 11) is 0. The number of nitrogens with one attached hydrogen (secondary N) is 1. The number of aliphatic hydroxyl groups is 1. The second-order valence-corrected chi connectivity index (χ2v) is 7.09. The molecule has 3 heterocycles. The molecule has 0 radical (unpaired) electrons. The Bertz CT molecular complexity index is 615. The van der Waals surface area contributed by atoms with Crippen LogP contribution < -0.4 is 5.43 Å². The number of carbonyl (C=O) groups excluding carboxylic acids is 1. The molecule has 0 saturated heterocycles. The van der Waals surface area contributed by atoms with Crippen molar-refractivity contribution in [2.24, 2.45) is 5.10 Å². The second-order valence-electron chi connectivity index (χ2n) is 7.09. The number of amidine groups is 1. The Balaban J connectivity index is 1.84. The normalized spacial score (nSPS) is 24.3. The molecule has 0 aromatic carbocycles. The highest BCUT2D eigenvalue weighted by molar-refractivity contribution is 5.97. The number of hydrazone groups is 1. The lowest BCUT2D eigenvalue weighted by atomic mass is 9.94. The number of rotatable bonds is 0. The molecule has 2 N–H and O–H groups in total. The van der Waals surface area contributed by atoms with Gasteiger partial charge in [0.2, 0.25) is 0 Å². The minimum absolute atomic E-state index is 0.294. The molecule has 0 aliphatic carbocycles. The van der Waals surface area contributed by atoms with Crippen LogP contribution in [0.2, 0.25) is 0 Å². The zero-order chi connectivity index (χ0) is 16.8. The monoisotopic (exact) mass is 320 g/mol. The second kappa shape index (κ2) is 5.56. The molecule has 1 amide bonds. The van der Waals surface area contributed by atoms with Gasteiger partial charge in [0.1, 0.15) is 5.60 Å². The van der Waals surface area contributed by atoms with Gasteiger partial charge in [0.25, 0.3) is 0 Å². The van der Waals surface area contributed by atoms with E-state index in [1.54, 1.807) is 4.90 Å². The minimum atomic E-state index is -0.634. The maximum atomic E-state index is 12.3. The Labute approximate surface area is 136 Å². The van der Waals surface area contributed by atoms with Gasteiger partial charge < -0.3 is 25.1 Å². The van der Waals surface area contributed by atoms with Gasteiger partial charge >= 0.3 is 6.09 Å². The maximum absolute atomic E-state index is 12.3. The van der Waals surface area contributed by atoms with E-state index in [-0.39, 0.29) is 6.09 Å². The Kier molecular flexibility index (Phi) is 3.83. The fraction of sp³-hybridized carbons (Fsp3) is 0.625. The van der Waals surface area contributed by atoms with Crippen molar-refractivity contribution in [2.75, 3.05) is 19.6 Å². The van der Waals surface area contributed by atoms with Crippen LogP contribution in [0.4, 0.5) is 4.79 Å². The Hall–Kier alpha value is -2.02. The molecular weight excluding hydrogens is 296 g/mol. The van der Waals surface area contributed by atoms with Gasteiger partial charge in [0.05, 0.1) is 13.1 Å². The number of fused-ring (bicyclic) bond motifs is 2. The van der Waals surface area contributed by atoms with Crippen molar-refractivity contribution in [3.63, 3.8) is 0 Å². The average Bonchev–Trinajstić information content (AvgIpc) is 2.45. The Morgan fingerprint density at radius 2 is 2.22 bits per heavy atom. The van der Waals surface area contributed by atoms with E-state index >= 15 is 0 Å². The molecule has 23 heavy (non-hydrogen) atoms. The van der Waals surface area contributed by atoms with Crippen LogP contribution >= 0.6 is 0 Å². The largest absolute Gasteiger partial charge is 0.444 e. The molecule has 0 bridgehead atoms. The molecule has 0 saturated carbocycles. The Morgan fingerprint density at radius 3 is 2.91 bits per heavy atom. The number of amides is 1. The molecule has 0 spiro atoms. The molecule has 126 valence electrons. The predicted molar refractivity (Wildman–Crippen MR) is 86.5 cm³/mol. The standard InChI is InChI=1S/C16H24N4O3/c1-10-7-13-18-17-8-14(21)20(13)12-5-6-19(9-11(10)12)15(22)23-16(2,3)4/h7,14,17,21H,5-6,8-9H2,1-4H3. The van der Waals surface area contributed by atoms with Gasteiger partial charge in [-0.2, -0.15) is 5.10 Å². The van der Waals surface area contributed by atoms with E-state index in [2.05, 4.69) is 10.5 Å². The highest BCUT2D eigenvalue weighted by atomic mass is 16.6. The summed E-state index contributed by atoms with van der Waals surface area (Å²) in [5.41, 5.74) is 5.54. The third kappa shape index (κ3) is 3.06. The summed E-state index contributed by atoms with van der Waals surface area (Å²) in [4.78, 5) is 15.9. The van der Waals surface area contributed by atoms with Crippen molar-refractivity contribution in [3.05, 3.63) is 22.9 Å². The van der Waals surface area contributed by atoms with E-state index in [4.69, 9.17) is 4.74 Å². The van der Waals surface area contributed by atoms with Crippen molar-refractivity contribution in [2.45, 2.75) is 45.9 Å². The maximum Gasteiger partial charge on any atom is 0.410 e. The molecule has 3 aliphatic heterocycles. The molecule has 3 aliphatic rings. The highest BCUT2D eigenvalue weighted by Gasteiger charge is 2.36. The first-order valence-corrected chi connectivity index (χ1v) is 7.93. The zero-order valence-electron chi connectivity index (χ0n) is 14.1. The topological polar surface area (TPSA) is 77.4 Å². The molecule has 7 nitrogen and oxygen atoms in total. The number of ether oxygens (including phenoxy) is 1. The first-order chi connectivity index (χ1) is 10.8. The van der Waals surface area contributed by atoms with E-state index in [0.717, 1.165) is 22.7 Å². The molecule has 1 atom stereocenters. The van der Waals surface area contributed by atoms with Crippen molar-refractivity contribution in [3.8, 4) is 0 Å². The van der Waals surface area contributed by atoms with Crippen LogP contribution in [0.5, 0.6) is 0 Å². The quantitative estimate of drug-likeness (QED) is 0.705. The van der Waals surface area contributed by atoms with Crippen LogP contribution in [0.25, 0.3) is 0 Å². The summed E-state index contributed by atoms with van der Waals surface area (Å²) in [6, 6.07) is 0. The van der Waals surface area contributed by atoms with Crippen LogP contribution in [-0.2, 0) is 4.74 Å². The summed E-state index contributed by atoms with van der Waals surface area (Å²) in [6.07, 6.45) is 1.69. The van der Waals surface area contributed by atoms with Crippen LogP contribution in [0, 0.1) is 0 Å². The molecule has 0 aromatic rings. The highest BCUT2D eigenvalue weighted by Crippen LogP contribution is 2.33. The van der Waals surface area contributed by atoms with Crippen LogP contribution in [-0.4, -0.2) is 58.3 Å². The van der Waals surface area contributed by atoms with Crippen molar-refractivity contribution in [1.29, 1.82) is 0 Å². The number of hydrogen-bond donors (Lipinski definition) is 2. The Morgan fingerprint density at radius 1 is 1.48 bits per heavy atom. The number of aliphatic hydroxyl groups excluding tert-OH is 1. The summed E-state index contributed by atoms with van der Waals surface area (Å²) < 4.78 is 5.47. The molecule has 3 rings (SSSR count). The van der Waals surface area contributed by atoms with Gasteiger partial charge in [-0.25, -0.2) is 4.79 Å². The summed E-state index contributed by atoms with van der Waals surface area (Å²) >= 11 is 0. The van der Waals surface area contributed by atoms with Crippen molar-refractivity contribution in [1.82, 2.24) is 15.2 Å². The molecular formula is C16H24N4O3. The smallest absolute Gasteiger partial charge is 0.410 e. The first-order valence-electron chi connectivity index (χ1n) is 7.93. The first kappa shape index (κ1) is 15.9. The lowest BCUT2D eigenvalue weighted by molar-refractivity contribution is 0.0234. The van der Waals surface area contributed by atoms with E-state index in [9.17, 15) is 9.90 Å². The third-order valence-corrected chi connectivity index (χ3v) is 4.09. The molecule has 1 unspecified atom stereocenters. The summed E-state index contributed by atoms with van der Waals surface area (Å²) in [5, 5.41) is 14.5. The van der Waals surface area contributed by atoms with Crippen LogP contribution in [0.1, 0.15) is 34.1 Å². The predicted octanol–water partition coefficient (Wildman–Crippen LogP) is 1.38. The number of carbonyl (C=O) groups is 1. The third-order valence-electron chi connectivity index (χ3n) is 4.09. The average molecular weight is 320 g/mol. The fourth-order valence-electron chi connectivity index (χ4n) is 3.06. The van der Waals surface area contributed by atoms with Crippen molar-refractivity contribution >= 4 is 11.9 Å². The SMILES string of the molecule is CC1=CC2=NNCC(O)N2C2=C1CN(C(=O)OC(C)(C)C)CC2. The molecule has 0 fully saturated rings. The van der Waals surface area contributed by atoms with Gasteiger partial charge in [0, 0.05) is 18.7 Å². The van der Waals surface area contributed by atoms with Gasteiger partial charge in [-0.05, 0) is 44.9 Å². The van der Waals surface area contributed by atoms with Gasteiger partial charge in [0.15, 0.2) is 12.1 Å². The van der Waals surface area contributed by atoms with Gasteiger partial charge in [-0.15, -0.1) is 0 Å². The van der Waals surface area contributed by atoms with E-state index < -0.39 is 11.8 Å². The zero-order valence-corrected chi connectivity index (χ0v) is 14.1. The fourth-order valence-corrected chi connectivity index (χ4v) is 3.06. The molecule has 0 aromatic heterocycles. The summed E-state index contributed by atoms with van der Waals surface area (Å²) in [6.45, 7) is 9.07. The van der Waals surface area contributed by atoms with Crippen molar-refractivity contribution < 1.29 is 14.6 Å². The minimum Gasteiger partial charge on any atom is -0.444 e. The van der Waals surface area contributed by atoms with E-state index in [0.29, 0.717) is 26.1 Å². The molecule has 7 heteroatoms. The van der Waals surface area contributed by atoms with Crippen LogP contribution in [0.3, 0.4) is 0 Å². The van der Waals surface area contributed by atoms with Gasteiger partial charge in [-0.3, -0.25) is 0 Å². The number of β-amino-alcohol motifs (C(OH)–C–C–N with tert-alkyl or cyclic N) is 1. The van der Waals surface area contributed by atoms with E-state index in [1.165, 1.54) is 0 Å². The summed E-state index contributed by atoms with van der Waals surface area (Å²) in [5.74, 6) is 0.728. The lowest BCUT2D eigenvalue weighted by Crippen LogP contribution is -2.52.